The summed E-state index contributed by atoms with van der Waals surface area (Å²) >= 11 is 0. The number of esters is 1. The summed E-state index contributed by atoms with van der Waals surface area (Å²) in [4.78, 5) is 54.7. The van der Waals surface area contributed by atoms with Crippen LogP contribution in [-0.4, -0.2) is 77.7 Å². The summed E-state index contributed by atoms with van der Waals surface area (Å²) in [5.74, 6) is -2.11. The van der Waals surface area contributed by atoms with E-state index in [0.717, 1.165) is 0 Å². The van der Waals surface area contributed by atoms with Crippen LogP contribution in [0.25, 0.3) is 0 Å². The first kappa shape index (κ1) is 23.4. The van der Waals surface area contributed by atoms with E-state index in [0.29, 0.717) is 43.0 Å². The highest BCUT2D eigenvalue weighted by Crippen LogP contribution is 2.37. The van der Waals surface area contributed by atoms with Crippen LogP contribution in [0.2, 0.25) is 0 Å². The smallest absolute Gasteiger partial charge is 0.336 e. The van der Waals surface area contributed by atoms with Crippen LogP contribution in [0.3, 0.4) is 0 Å². The molecular formula is C23H28FN3O5. The van der Waals surface area contributed by atoms with Gasteiger partial charge in [-0.25, -0.2) is 9.18 Å². The Bertz CT molecular complexity index is 935. The molecule has 8 nitrogen and oxygen atoms in total. The second kappa shape index (κ2) is 9.93. The SMILES string of the molecule is CCOC(=O)C1=C(C)N(CC(=O)N2CCN(C(C)=O)CC2)C(=O)CC1c1ccc(F)cc1. The molecule has 32 heavy (non-hydrogen) atoms. The van der Waals surface area contributed by atoms with Crippen LogP contribution in [0.4, 0.5) is 4.39 Å². The average molecular weight is 445 g/mol. The molecule has 1 atom stereocenters. The maximum atomic E-state index is 13.4. The maximum Gasteiger partial charge on any atom is 0.336 e. The fraction of sp³-hybridized carbons (Fsp3) is 0.478. The predicted octanol–water partition coefficient (Wildman–Crippen LogP) is 1.67. The number of piperazine rings is 1. The van der Waals surface area contributed by atoms with Gasteiger partial charge in [-0.15, -0.1) is 0 Å². The van der Waals surface area contributed by atoms with Gasteiger partial charge in [-0.2, -0.15) is 0 Å². The molecule has 2 aliphatic heterocycles. The van der Waals surface area contributed by atoms with Gasteiger partial charge in [0.25, 0.3) is 0 Å². The fourth-order valence-electron chi connectivity index (χ4n) is 4.16. The van der Waals surface area contributed by atoms with E-state index in [2.05, 4.69) is 0 Å². The molecule has 0 radical (unpaired) electrons. The van der Waals surface area contributed by atoms with Crippen molar-refractivity contribution in [3.8, 4) is 0 Å². The highest BCUT2D eigenvalue weighted by Gasteiger charge is 2.38. The topological polar surface area (TPSA) is 87.2 Å². The molecule has 0 bridgehead atoms. The second-order valence-corrected chi connectivity index (χ2v) is 7.89. The van der Waals surface area contributed by atoms with Gasteiger partial charge in [-0.1, -0.05) is 12.1 Å². The van der Waals surface area contributed by atoms with Crippen LogP contribution < -0.4 is 0 Å². The molecule has 3 amide bonds. The Morgan fingerprint density at radius 1 is 1.06 bits per heavy atom. The molecule has 1 aromatic rings. The van der Waals surface area contributed by atoms with Crippen molar-refractivity contribution < 1.29 is 28.3 Å². The highest BCUT2D eigenvalue weighted by atomic mass is 19.1. The number of rotatable bonds is 5. The Morgan fingerprint density at radius 2 is 1.66 bits per heavy atom. The third-order valence-electron chi connectivity index (χ3n) is 5.96. The molecule has 0 aliphatic carbocycles. The number of benzene rings is 1. The van der Waals surface area contributed by atoms with E-state index in [4.69, 9.17) is 4.74 Å². The predicted molar refractivity (Wildman–Crippen MR) is 114 cm³/mol. The van der Waals surface area contributed by atoms with Crippen molar-refractivity contribution in [2.45, 2.75) is 33.1 Å². The number of hydrogen-bond donors (Lipinski definition) is 0. The summed E-state index contributed by atoms with van der Waals surface area (Å²) in [6.45, 7) is 6.47. The molecule has 2 aliphatic rings. The number of ether oxygens (including phenoxy) is 1. The van der Waals surface area contributed by atoms with Crippen molar-refractivity contribution in [2.24, 2.45) is 0 Å². The first-order valence-corrected chi connectivity index (χ1v) is 10.7. The summed E-state index contributed by atoms with van der Waals surface area (Å²) in [5, 5.41) is 0. The van der Waals surface area contributed by atoms with Crippen molar-refractivity contribution in [1.29, 1.82) is 0 Å². The van der Waals surface area contributed by atoms with Crippen molar-refractivity contribution in [2.75, 3.05) is 39.3 Å². The molecule has 1 unspecified atom stereocenters. The van der Waals surface area contributed by atoms with Crippen molar-refractivity contribution in [3.05, 3.63) is 46.9 Å². The Labute approximate surface area is 186 Å². The van der Waals surface area contributed by atoms with Crippen molar-refractivity contribution in [3.63, 3.8) is 0 Å². The number of halogens is 1. The summed E-state index contributed by atoms with van der Waals surface area (Å²) in [6, 6.07) is 5.67. The average Bonchev–Trinajstić information content (AvgIpc) is 2.76. The number of allylic oxidation sites excluding steroid dienone is 1. The van der Waals surface area contributed by atoms with Gasteiger partial charge in [0.05, 0.1) is 12.2 Å². The van der Waals surface area contributed by atoms with Crippen LogP contribution in [0.15, 0.2) is 35.5 Å². The lowest BCUT2D eigenvalue weighted by Gasteiger charge is -2.37. The first-order chi connectivity index (χ1) is 15.2. The molecule has 9 heteroatoms. The van der Waals surface area contributed by atoms with E-state index in [9.17, 15) is 23.6 Å². The molecule has 1 aromatic carbocycles. The van der Waals surface area contributed by atoms with Gasteiger partial charge in [0.1, 0.15) is 12.4 Å². The number of carbonyl (C=O) groups excluding carboxylic acids is 4. The monoisotopic (exact) mass is 445 g/mol. The van der Waals surface area contributed by atoms with Crippen LogP contribution in [0.1, 0.15) is 38.7 Å². The first-order valence-electron chi connectivity index (χ1n) is 10.7. The van der Waals surface area contributed by atoms with Gasteiger partial charge in [-0.05, 0) is 31.5 Å². The maximum absolute atomic E-state index is 13.4. The van der Waals surface area contributed by atoms with Crippen LogP contribution in [-0.2, 0) is 23.9 Å². The molecule has 172 valence electrons. The Balaban J connectivity index is 1.84. The fourth-order valence-corrected chi connectivity index (χ4v) is 4.16. The van der Waals surface area contributed by atoms with Crippen LogP contribution >= 0.6 is 0 Å². The summed E-state index contributed by atoms with van der Waals surface area (Å²) < 4.78 is 18.6. The van der Waals surface area contributed by atoms with E-state index in [1.807, 2.05) is 0 Å². The van der Waals surface area contributed by atoms with Gasteiger partial charge >= 0.3 is 5.97 Å². The molecule has 3 rings (SSSR count). The second-order valence-electron chi connectivity index (χ2n) is 7.89. The van der Waals surface area contributed by atoms with Crippen LogP contribution in [0, 0.1) is 5.82 Å². The summed E-state index contributed by atoms with van der Waals surface area (Å²) in [6.07, 6.45) is -0.0253. The van der Waals surface area contributed by atoms with E-state index in [-0.39, 0.29) is 37.3 Å². The van der Waals surface area contributed by atoms with Crippen LogP contribution in [0.5, 0.6) is 0 Å². The minimum absolute atomic E-state index is 0.0253. The number of nitrogens with zero attached hydrogens (tertiary/aromatic N) is 3. The normalized spacial score (nSPS) is 19.3. The van der Waals surface area contributed by atoms with Crippen molar-refractivity contribution >= 4 is 23.7 Å². The van der Waals surface area contributed by atoms with Gasteiger partial charge in [0, 0.05) is 51.1 Å². The Morgan fingerprint density at radius 3 is 2.22 bits per heavy atom. The largest absolute Gasteiger partial charge is 0.463 e. The minimum atomic E-state index is -0.576. The third kappa shape index (κ3) is 4.98. The van der Waals surface area contributed by atoms with E-state index in [1.165, 1.54) is 24.0 Å². The Hall–Kier alpha value is -3.23. The van der Waals surface area contributed by atoms with Gasteiger partial charge in [0.2, 0.25) is 17.7 Å². The molecule has 0 aromatic heterocycles. The lowest BCUT2D eigenvalue weighted by atomic mass is 9.83. The Kier molecular flexibility index (Phi) is 7.27. The number of hydrogen-bond acceptors (Lipinski definition) is 5. The molecule has 0 spiro atoms. The molecular weight excluding hydrogens is 417 g/mol. The molecule has 1 fully saturated rings. The van der Waals surface area contributed by atoms with E-state index >= 15 is 0 Å². The van der Waals surface area contributed by atoms with Gasteiger partial charge in [0.15, 0.2) is 0 Å². The molecule has 2 heterocycles. The molecule has 0 N–H and O–H groups in total. The van der Waals surface area contributed by atoms with Gasteiger partial charge in [-0.3, -0.25) is 14.4 Å². The van der Waals surface area contributed by atoms with Gasteiger partial charge < -0.3 is 19.4 Å². The third-order valence-corrected chi connectivity index (χ3v) is 5.96. The standard InChI is InChI=1S/C23H28FN3O5/c1-4-32-23(31)22-15(2)27(14-21(30)26-11-9-25(10-12-26)16(3)28)20(29)13-19(22)17-5-7-18(24)8-6-17/h5-8,19H,4,9-14H2,1-3H3. The highest BCUT2D eigenvalue weighted by molar-refractivity contribution is 5.97. The van der Waals surface area contributed by atoms with E-state index < -0.39 is 17.7 Å². The number of amides is 3. The minimum Gasteiger partial charge on any atom is -0.463 e. The van der Waals surface area contributed by atoms with Crippen molar-refractivity contribution in [1.82, 2.24) is 14.7 Å². The zero-order valence-electron chi connectivity index (χ0n) is 18.6. The quantitative estimate of drug-likeness (QED) is 0.644. The molecule has 0 saturated carbocycles. The van der Waals surface area contributed by atoms with E-state index in [1.54, 1.807) is 35.8 Å². The lowest BCUT2D eigenvalue weighted by molar-refractivity contribution is -0.143. The summed E-state index contributed by atoms with van der Waals surface area (Å²) in [7, 11) is 0. The molecule has 1 saturated heterocycles. The summed E-state index contributed by atoms with van der Waals surface area (Å²) in [5.41, 5.74) is 1.30. The zero-order valence-corrected chi connectivity index (χ0v) is 18.6. The number of carbonyl (C=O) groups is 4. The zero-order chi connectivity index (χ0) is 23.4. The lowest BCUT2D eigenvalue weighted by Crippen LogP contribution is -2.53.